The maximum absolute atomic E-state index is 13.4. The van der Waals surface area contributed by atoms with E-state index in [1.165, 1.54) is 0 Å². The van der Waals surface area contributed by atoms with Gasteiger partial charge in [0.1, 0.15) is 5.82 Å². The molecule has 0 radical (unpaired) electrons. The summed E-state index contributed by atoms with van der Waals surface area (Å²) >= 11 is 3.34. The van der Waals surface area contributed by atoms with Gasteiger partial charge in [-0.15, -0.1) is 0 Å². The fraction of sp³-hybridized carbons (Fsp3) is 0.0769. The number of anilines is 1. The largest absolute Gasteiger partial charge is 0.378 e. The van der Waals surface area contributed by atoms with E-state index in [9.17, 15) is 13.2 Å². The third-order valence-corrected chi connectivity index (χ3v) is 3.19. The van der Waals surface area contributed by atoms with Crippen LogP contribution in [0.3, 0.4) is 0 Å². The molecule has 0 spiro atoms. The number of nitrogens with one attached hydrogen (secondary N) is 1. The second-order valence-corrected chi connectivity index (χ2v) is 4.55. The Kier molecular flexibility index (Phi) is 3.91. The molecule has 0 heterocycles. The van der Waals surface area contributed by atoms with Gasteiger partial charge in [-0.1, -0.05) is 34.1 Å². The van der Waals surface area contributed by atoms with Crippen molar-refractivity contribution >= 4 is 21.6 Å². The Morgan fingerprint density at radius 3 is 2.50 bits per heavy atom. The second-order valence-electron chi connectivity index (χ2n) is 3.69. The molecule has 0 aromatic heterocycles. The molecule has 0 fully saturated rings. The topological polar surface area (TPSA) is 12.0 Å². The summed E-state index contributed by atoms with van der Waals surface area (Å²) in [6.45, 7) is 0.265. The van der Waals surface area contributed by atoms with Crippen molar-refractivity contribution in [2.24, 2.45) is 0 Å². The van der Waals surface area contributed by atoms with E-state index in [1.807, 2.05) is 24.3 Å². The second kappa shape index (κ2) is 5.44. The number of rotatable bonds is 3. The molecule has 0 aliphatic rings. The zero-order valence-corrected chi connectivity index (χ0v) is 10.8. The average Bonchev–Trinajstić information content (AvgIpc) is 2.33. The van der Waals surface area contributed by atoms with Gasteiger partial charge in [0.25, 0.3) is 0 Å². The molecule has 0 atom stereocenters. The van der Waals surface area contributed by atoms with E-state index in [4.69, 9.17) is 0 Å². The van der Waals surface area contributed by atoms with Crippen LogP contribution in [0.25, 0.3) is 0 Å². The van der Waals surface area contributed by atoms with E-state index in [1.54, 1.807) is 0 Å². The number of hydrogen-bond donors (Lipinski definition) is 1. The lowest BCUT2D eigenvalue weighted by Gasteiger charge is -2.09. The number of halogens is 4. The van der Waals surface area contributed by atoms with Gasteiger partial charge < -0.3 is 5.32 Å². The van der Waals surface area contributed by atoms with Crippen molar-refractivity contribution in [2.45, 2.75) is 6.54 Å². The monoisotopic (exact) mass is 315 g/mol. The Morgan fingerprint density at radius 1 is 1.06 bits per heavy atom. The standard InChI is InChI=1S/C13H9BrF3N/c14-10-4-2-1-3-8(10)7-18-12-6-9(15)5-11(16)13(12)17/h1-6,18H,7H2. The molecule has 0 aliphatic carbocycles. The molecule has 1 N–H and O–H groups in total. The van der Waals surface area contributed by atoms with E-state index < -0.39 is 17.5 Å². The summed E-state index contributed by atoms with van der Waals surface area (Å²) < 4.78 is 40.1. The Hall–Kier alpha value is -1.49. The molecule has 0 bridgehead atoms. The molecular formula is C13H9BrF3N. The van der Waals surface area contributed by atoms with Crippen molar-refractivity contribution in [2.75, 3.05) is 5.32 Å². The predicted octanol–water partition coefficient (Wildman–Crippen LogP) is 4.48. The first kappa shape index (κ1) is 13.0. The van der Waals surface area contributed by atoms with Crippen LogP contribution in [0, 0.1) is 17.5 Å². The van der Waals surface area contributed by atoms with Gasteiger partial charge in [0, 0.05) is 23.2 Å². The van der Waals surface area contributed by atoms with E-state index in [0.717, 1.165) is 16.1 Å². The van der Waals surface area contributed by atoms with Gasteiger partial charge in [-0.05, 0) is 11.6 Å². The highest BCUT2D eigenvalue weighted by Gasteiger charge is 2.11. The normalized spacial score (nSPS) is 10.4. The third kappa shape index (κ3) is 2.85. The van der Waals surface area contributed by atoms with Gasteiger partial charge in [-0.3, -0.25) is 0 Å². The molecule has 2 aromatic carbocycles. The van der Waals surface area contributed by atoms with Gasteiger partial charge in [0.05, 0.1) is 5.69 Å². The summed E-state index contributed by atoms with van der Waals surface area (Å²) in [5.41, 5.74) is 0.671. The lowest BCUT2D eigenvalue weighted by Crippen LogP contribution is -2.04. The van der Waals surface area contributed by atoms with E-state index in [0.29, 0.717) is 6.07 Å². The zero-order chi connectivity index (χ0) is 13.1. The zero-order valence-electron chi connectivity index (χ0n) is 9.18. The van der Waals surface area contributed by atoms with Crippen molar-refractivity contribution in [3.63, 3.8) is 0 Å². The van der Waals surface area contributed by atoms with Crippen LogP contribution in [-0.2, 0) is 6.54 Å². The van der Waals surface area contributed by atoms with Crippen LogP contribution in [0.15, 0.2) is 40.9 Å². The highest BCUT2D eigenvalue weighted by Crippen LogP contribution is 2.22. The van der Waals surface area contributed by atoms with Gasteiger partial charge in [-0.25, -0.2) is 13.2 Å². The van der Waals surface area contributed by atoms with Gasteiger partial charge >= 0.3 is 0 Å². The summed E-state index contributed by atoms with van der Waals surface area (Å²) in [5.74, 6) is -3.10. The summed E-state index contributed by atoms with van der Waals surface area (Å²) in [7, 11) is 0. The molecule has 0 unspecified atom stereocenters. The lowest BCUT2D eigenvalue weighted by molar-refractivity contribution is 0.497. The number of hydrogen-bond acceptors (Lipinski definition) is 1. The average molecular weight is 316 g/mol. The van der Waals surface area contributed by atoms with Crippen LogP contribution in [-0.4, -0.2) is 0 Å². The minimum Gasteiger partial charge on any atom is -0.378 e. The van der Waals surface area contributed by atoms with Crippen LogP contribution in [0.5, 0.6) is 0 Å². The van der Waals surface area contributed by atoms with Crippen molar-refractivity contribution in [3.8, 4) is 0 Å². The summed E-state index contributed by atoms with van der Waals surface area (Å²) in [6, 6.07) is 8.76. The van der Waals surface area contributed by atoms with Crippen LogP contribution in [0.4, 0.5) is 18.9 Å². The highest BCUT2D eigenvalue weighted by molar-refractivity contribution is 9.10. The minimum absolute atomic E-state index is 0.191. The molecule has 0 saturated heterocycles. The summed E-state index contributed by atoms with van der Waals surface area (Å²) in [4.78, 5) is 0. The maximum atomic E-state index is 13.4. The van der Waals surface area contributed by atoms with Crippen molar-refractivity contribution < 1.29 is 13.2 Å². The first-order chi connectivity index (χ1) is 8.58. The molecule has 1 nitrogen and oxygen atoms in total. The summed E-state index contributed by atoms with van der Waals surface area (Å²) in [6.07, 6.45) is 0. The van der Waals surface area contributed by atoms with Gasteiger partial charge in [0.2, 0.25) is 0 Å². The van der Waals surface area contributed by atoms with Crippen LogP contribution in [0.2, 0.25) is 0 Å². The first-order valence-electron chi connectivity index (χ1n) is 5.20. The Morgan fingerprint density at radius 2 is 1.78 bits per heavy atom. The molecule has 18 heavy (non-hydrogen) atoms. The lowest BCUT2D eigenvalue weighted by atomic mass is 10.2. The van der Waals surface area contributed by atoms with Crippen molar-refractivity contribution in [1.82, 2.24) is 0 Å². The fourth-order valence-corrected chi connectivity index (χ4v) is 1.94. The summed E-state index contributed by atoms with van der Waals surface area (Å²) in [5, 5.41) is 2.67. The molecule has 94 valence electrons. The highest BCUT2D eigenvalue weighted by atomic mass is 79.9. The Bertz CT molecular complexity index is 572. The Labute approximate surface area is 111 Å². The smallest absolute Gasteiger partial charge is 0.182 e. The van der Waals surface area contributed by atoms with E-state index >= 15 is 0 Å². The SMILES string of the molecule is Fc1cc(F)c(F)c(NCc2ccccc2Br)c1. The van der Waals surface area contributed by atoms with Crippen molar-refractivity contribution in [3.05, 3.63) is 63.9 Å². The van der Waals surface area contributed by atoms with Crippen LogP contribution < -0.4 is 5.32 Å². The molecule has 0 saturated carbocycles. The predicted molar refractivity (Wildman–Crippen MR) is 67.8 cm³/mol. The van der Waals surface area contributed by atoms with Crippen molar-refractivity contribution in [1.29, 1.82) is 0 Å². The van der Waals surface area contributed by atoms with Crippen LogP contribution in [0.1, 0.15) is 5.56 Å². The van der Waals surface area contributed by atoms with E-state index in [2.05, 4.69) is 21.2 Å². The molecule has 0 aliphatic heterocycles. The molecule has 2 aromatic rings. The molecule has 5 heteroatoms. The molecule has 0 amide bonds. The molecule has 2 rings (SSSR count). The molecular weight excluding hydrogens is 307 g/mol. The van der Waals surface area contributed by atoms with Crippen LogP contribution >= 0.6 is 15.9 Å². The Balaban J connectivity index is 2.18. The number of benzene rings is 2. The maximum Gasteiger partial charge on any atom is 0.182 e. The first-order valence-corrected chi connectivity index (χ1v) is 5.99. The van der Waals surface area contributed by atoms with E-state index in [-0.39, 0.29) is 12.2 Å². The fourth-order valence-electron chi connectivity index (χ4n) is 1.52. The quantitative estimate of drug-likeness (QED) is 0.823. The minimum atomic E-state index is -1.20. The van der Waals surface area contributed by atoms with Gasteiger partial charge in [-0.2, -0.15) is 0 Å². The van der Waals surface area contributed by atoms with Gasteiger partial charge in [0.15, 0.2) is 11.6 Å². The third-order valence-electron chi connectivity index (χ3n) is 2.42.